The summed E-state index contributed by atoms with van der Waals surface area (Å²) in [5.41, 5.74) is 2.41. The van der Waals surface area contributed by atoms with Crippen molar-refractivity contribution in [2.45, 2.75) is 23.9 Å². The van der Waals surface area contributed by atoms with E-state index in [-0.39, 0.29) is 11.2 Å². The third-order valence-corrected chi connectivity index (χ3v) is 7.03. The molecule has 0 unspecified atom stereocenters. The van der Waals surface area contributed by atoms with Gasteiger partial charge in [0.1, 0.15) is 4.70 Å². The Hall–Kier alpha value is -3.37. The predicted octanol–water partition coefficient (Wildman–Crippen LogP) is 4.92. The van der Waals surface area contributed by atoms with Crippen LogP contribution in [0.2, 0.25) is 0 Å². The number of benzene rings is 2. The van der Waals surface area contributed by atoms with Crippen LogP contribution in [0, 0.1) is 10.1 Å². The second kappa shape index (κ2) is 10.1. The van der Waals surface area contributed by atoms with Gasteiger partial charge in [-0.2, -0.15) is 0 Å². The molecule has 170 valence electrons. The van der Waals surface area contributed by atoms with Crippen molar-refractivity contribution in [1.29, 1.82) is 0 Å². The maximum absolute atomic E-state index is 13.2. The predicted molar refractivity (Wildman–Crippen MR) is 130 cm³/mol. The number of thiophene rings is 1. The molecule has 0 bridgehead atoms. The molecule has 0 saturated heterocycles. The van der Waals surface area contributed by atoms with Crippen LogP contribution in [-0.4, -0.2) is 28.7 Å². The van der Waals surface area contributed by atoms with Crippen molar-refractivity contribution in [3.8, 4) is 11.5 Å². The van der Waals surface area contributed by atoms with Gasteiger partial charge in [0.15, 0.2) is 16.7 Å². The van der Waals surface area contributed by atoms with Gasteiger partial charge in [-0.15, -0.1) is 11.3 Å². The van der Waals surface area contributed by atoms with Gasteiger partial charge in [-0.05, 0) is 41.1 Å². The number of ether oxygens (including phenoxy) is 2. The highest BCUT2D eigenvalue weighted by Gasteiger charge is 2.14. The van der Waals surface area contributed by atoms with E-state index in [9.17, 15) is 14.9 Å². The number of thioether (sulfide) groups is 1. The number of rotatable bonds is 9. The van der Waals surface area contributed by atoms with E-state index in [1.165, 1.54) is 29.2 Å². The SMILES string of the molecule is COc1ccc(CCn2c(SCc3cccc([N+](=O)[O-])c3)nc3ccsc3c2=O)cc1OC. The van der Waals surface area contributed by atoms with E-state index in [1.807, 2.05) is 35.7 Å². The standard InChI is InChI=1S/C23H21N3O5S2/c1-30-19-7-6-15(13-20(19)31-2)8-10-25-22(27)21-18(9-11-32-21)24-23(25)33-14-16-4-3-5-17(12-16)26(28)29/h3-7,9,11-13H,8,10,14H2,1-2H3. The highest BCUT2D eigenvalue weighted by molar-refractivity contribution is 7.98. The Morgan fingerprint density at radius 3 is 2.67 bits per heavy atom. The lowest BCUT2D eigenvalue weighted by Crippen LogP contribution is -2.23. The second-order valence-electron chi connectivity index (χ2n) is 7.14. The molecular formula is C23H21N3O5S2. The highest BCUT2D eigenvalue weighted by Crippen LogP contribution is 2.29. The zero-order valence-corrected chi connectivity index (χ0v) is 19.6. The molecule has 0 aliphatic heterocycles. The molecule has 10 heteroatoms. The van der Waals surface area contributed by atoms with Crippen LogP contribution in [0.25, 0.3) is 10.2 Å². The van der Waals surface area contributed by atoms with Crippen LogP contribution in [-0.2, 0) is 18.7 Å². The first-order valence-electron chi connectivity index (χ1n) is 10.0. The summed E-state index contributed by atoms with van der Waals surface area (Å²) < 4.78 is 13.0. The minimum atomic E-state index is -0.414. The third-order valence-electron chi connectivity index (χ3n) is 5.09. The molecule has 0 fully saturated rings. The summed E-state index contributed by atoms with van der Waals surface area (Å²) in [6.45, 7) is 0.437. The monoisotopic (exact) mass is 483 g/mol. The molecule has 4 rings (SSSR count). The molecule has 33 heavy (non-hydrogen) atoms. The highest BCUT2D eigenvalue weighted by atomic mass is 32.2. The largest absolute Gasteiger partial charge is 0.493 e. The molecule has 8 nitrogen and oxygen atoms in total. The fourth-order valence-electron chi connectivity index (χ4n) is 3.42. The number of nitro groups is 1. The number of non-ortho nitro benzene ring substituents is 1. The number of nitrogens with zero attached hydrogens (tertiary/aromatic N) is 3. The Balaban J connectivity index is 1.61. The average molecular weight is 484 g/mol. The Kier molecular flexibility index (Phi) is 6.95. The normalized spacial score (nSPS) is 11.0. The van der Waals surface area contributed by atoms with E-state index in [1.54, 1.807) is 30.9 Å². The molecule has 0 aliphatic carbocycles. The molecule has 2 heterocycles. The molecule has 0 atom stereocenters. The van der Waals surface area contributed by atoms with E-state index < -0.39 is 4.92 Å². The number of hydrogen-bond donors (Lipinski definition) is 0. The summed E-state index contributed by atoms with van der Waals surface area (Å²) in [6, 6.07) is 14.0. The van der Waals surface area contributed by atoms with Crippen LogP contribution in [0.4, 0.5) is 5.69 Å². The number of hydrogen-bond acceptors (Lipinski definition) is 8. The van der Waals surface area contributed by atoms with Crippen molar-refractivity contribution in [3.63, 3.8) is 0 Å². The van der Waals surface area contributed by atoms with Crippen LogP contribution in [0.1, 0.15) is 11.1 Å². The van der Waals surface area contributed by atoms with Gasteiger partial charge in [-0.1, -0.05) is 30.0 Å². The lowest BCUT2D eigenvalue weighted by Gasteiger charge is -2.13. The lowest BCUT2D eigenvalue weighted by molar-refractivity contribution is -0.384. The molecule has 2 aromatic heterocycles. The zero-order chi connectivity index (χ0) is 23.4. The number of methoxy groups -OCH3 is 2. The lowest BCUT2D eigenvalue weighted by atomic mass is 10.1. The second-order valence-corrected chi connectivity index (χ2v) is 9.00. The molecule has 0 saturated carbocycles. The average Bonchev–Trinajstić information content (AvgIpc) is 3.31. The van der Waals surface area contributed by atoms with Gasteiger partial charge in [0.25, 0.3) is 11.2 Å². The van der Waals surface area contributed by atoms with Crippen molar-refractivity contribution in [2.75, 3.05) is 14.2 Å². The number of aryl methyl sites for hydroxylation is 1. The quantitative estimate of drug-likeness (QED) is 0.144. The van der Waals surface area contributed by atoms with E-state index in [0.717, 1.165) is 11.1 Å². The van der Waals surface area contributed by atoms with Gasteiger partial charge in [-0.3, -0.25) is 19.5 Å². The van der Waals surface area contributed by atoms with E-state index in [2.05, 4.69) is 0 Å². The maximum Gasteiger partial charge on any atom is 0.272 e. The fraction of sp³-hybridized carbons (Fsp3) is 0.217. The fourth-order valence-corrected chi connectivity index (χ4v) is 5.16. The number of fused-ring (bicyclic) bond motifs is 1. The first kappa shape index (κ1) is 22.8. The van der Waals surface area contributed by atoms with Gasteiger partial charge >= 0.3 is 0 Å². The van der Waals surface area contributed by atoms with Gasteiger partial charge in [0.05, 0.1) is 24.7 Å². The molecule has 0 amide bonds. The smallest absolute Gasteiger partial charge is 0.272 e. The van der Waals surface area contributed by atoms with Gasteiger partial charge in [0.2, 0.25) is 0 Å². The zero-order valence-electron chi connectivity index (χ0n) is 18.0. The van der Waals surface area contributed by atoms with Crippen molar-refractivity contribution < 1.29 is 14.4 Å². The van der Waals surface area contributed by atoms with Crippen molar-refractivity contribution in [3.05, 3.63) is 85.5 Å². The molecule has 4 aromatic rings. The number of aromatic nitrogens is 2. The molecule has 0 radical (unpaired) electrons. The Morgan fingerprint density at radius 2 is 1.91 bits per heavy atom. The Bertz CT molecular complexity index is 1370. The van der Waals surface area contributed by atoms with Crippen molar-refractivity contribution in [2.24, 2.45) is 0 Å². The van der Waals surface area contributed by atoms with Crippen LogP contribution < -0.4 is 15.0 Å². The number of nitro benzene ring substituents is 1. The molecular weight excluding hydrogens is 462 g/mol. The van der Waals surface area contributed by atoms with Crippen LogP contribution in [0.5, 0.6) is 11.5 Å². The van der Waals surface area contributed by atoms with Crippen molar-refractivity contribution in [1.82, 2.24) is 9.55 Å². The van der Waals surface area contributed by atoms with E-state index in [4.69, 9.17) is 14.5 Å². The third kappa shape index (κ3) is 5.01. The summed E-state index contributed by atoms with van der Waals surface area (Å²) in [4.78, 5) is 28.6. The molecule has 2 aromatic carbocycles. The van der Waals surface area contributed by atoms with Crippen LogP contribution in [0.3, 0.4) is 0 Å². The summed E-state index contributed by atoms with van der Waals surface area (Å²) >= 11 is 2.76. The van der Waals surface area contributed by atoms with Gasteiger partial charge in [0, 0.05) is 24.4 Å². The van der Waals surface area contributed by atoms with Crippen molar-refractivity contribution >= 4 is 39.0 Å². The minimum absolute atomic E-state index is 0.0418. The molecule has 0 spiro atoms. The summed E-state index contributed by atoms with van der Waals surface area (Å²) in [5, 5.41) is 13.5. The first-order chi connectivity index (χ1) is 16.0. The summed E-state index contributed by atoms with van der Waals surface area (Å²) in [6.07, 6.45) is 0.600. The summed E-state index contributed by atoms with van der Waals surface area (Å²) in [7, 11) is 3.17. The van der Waals surface area contributed by atoms with E-state index >= 15 is 0 Å². The van der Waals surface area contributed by atoms with E-state index in [0.29, 0.717) is 45.6 Å². The first-order valence-corrected chi connectivity index (χ1v) is 11.9. The Morgan fingerprint density at radius 1 is 1.09 bits per heavy atom. The topological polar surface area (TPSA) is 96.5 Å². The molecule has 0 N–H and O–H groups in total. The Labute approximate surface area is 198 Å². The van der Waals surface area contributed by atoms with Gasteiger partial charge < -0.3 is 9.47 Å². The minimum Gasteiger partial charge on any atom is -0.493 e. The van der Waals surface area contributed by atoms with Crippen LogP contribution in [0.15, 0.2) is 63.9 Å². The van der Waals surface area contributed by atoms with Gasteiger partial charge in [-0.25, -0.2) is 4.98 Å². The van der Waals surface area contributed by atoms with Crippen LogP contribution >= 0.6 is 23.1 Å². The summed E-state index contributed by atoms with van der Waals surface area (Å²) in [5.74, 6) is 1.74. The molecule has 0 aliphatic rings. The maximum atomic E-state index is 13.2.